The normalized spacial score (nSPS) is 15.2. The number of halogens is 1. The number of nitrogens with zero attached hydrogens (tertiary/aromatic N) is 6. The number of nitrogens with one attached hydrogen (secondary N) is 1. The smallest absolute Gasteiger partial charge is 0.194 e. The summed E-state index contributed by atoms with van der Waals surface area (Å²) in [6.07, 6.45) is 2.74. The molecule has 0 spiro atoms. The summed E-state index contributed by atoms with van der Waals surface area (Å²) in [5.41, 5.74) is 1.98. The third-order valence-electron chi connectivity index (χ3n) is 5.09. The molecule has 4 rings (SSSR count). The Labute approximate surface area is 176 Å². The largest absolute Gasteiger partial charge is 0.367 e. The summed E-state index contributed by atoms with van der Waals surface area (Å²) in [6.45, 7) is 7.27. The highest BCUT2D eigenvalue weighted by atomic mass is 35.5. The molecule has 0 bridgehead atoms. The number of anilines is 1. The van der Waals surface area contributed by atoms with Crippen molar-refractivity contribution in [1.29, 1.82) is 0 Å². The molecule has 0 atom stereocenters. The van der Waals surface area contributed by atoms with Crippen LogP contribution in [0.5, 0.6) is 0 Å². The van der Waals surface area contributed by atoms with Crippen LogP contribution < -0.4 is 10.2 Å². The van der Waals surface area contributed by atoms with Gasteiger partial charge in [0.05, 0.1) is 10.7 Å². The van der Waals surface area contributed by atoms with Gasteiger partial charge in [0, 0.05) is 51.9 Å². The molecular weight excluding hydrogens is 386 g/mol. The number of aromatic nitrogens is 3. The van der Waals surface area contributed by atoms with Crippen LogP contribution in [0.4, 0.5) is 5.69 Å². The number of rotatable bonds is 5. The SMILES string of the molecule is CCNC(=NCCc1nnc2ccccn12)N1CCN(c2ccccc2Cl)CC1. The molecular formula is C21H26ClN7. The van der Waals surface area contributed by atoms with Gasteiger partial charge in [0.15, 0.2) is 11.6 Å². The highest BCUT2D eigenvalue weighted by molar-refractivity contribution is 6.33. The molecule has 1 aliphatic rings. The molecule has 1 aromatic carbocycles. The van der Waals surface area contributed by atoms with Crippen LogP contribution in [0.25, 0.3) is 5.65 Å². The zero-order valence-electron chi connectivity index (χ0n) is 16.6. The van der Waals surface area contributed by atoms with Crippen LogP contribution in [0.2, 0.25) is 5.02 Å². The fraction of sp³-hybridized carbons (Fsp3) is 0.381. The molecule has 0 unspecified atom stereocenters. The maximum atomic E-state index is 6.36. The quantitative estimate of drug-likeness (QED) is 0.516. The molecule has 0 aliphatic carbocycles. The van der Waals surface area contributed by atoms with Gasteiger partial charge in [0.25, 0.3) is 0 Å². The Morgan fingerprint density at radius 1 is 1.07 bits per heavy atom. The van der Waals surface area contributed by atoms with Gasteiger partial charge in [0.2, 0.25) is 0 Å². The van der Waals surface area contributed by atoms with Gasteiger partial charge < -0.3 is 15.1 Å². The molecule has 1 N–H and O–H groups in total. The van der Waals surface area contributed by atoms with E-state index < -0.39 is 0 Å². The maximum Gasteiger partial charge on any atom is 0.194 e. The van der Waals surface area contributed by atoms with Crippen molar-refractivity contribution in [3.8, 4) is 0 Å². The van der Waals surface area contributed by atoms with Crippen LogP contribution in [-0.4, -0.2) is 64.7 Å². The summed E-state index contributed by atoms with van der Waals surface area (Å²) >= 11 is 6.36. The third-order valence-corrected chi connectivity index (χ3v) is 5.41. The van der Waals surface area contributed by atoms with Crippen LogP contribution in [0, 0.1) is 0 Å². The first-order valence-electron chi connectivity index (χ1n) is 10.1. The number of benzene rings is 1. The lowest BCUT2D eigenvalue weighted by molar-refractivity contribution is 0.372. The molecule has 0 saturated carbocycles. The van der Waals surface area contributed by atoms with Crippen molar-refractivity contribution in [3.63, 3.8) is 0 Å². The lowest BCUT2D eigenvalue weighted by Gasteiger charge is -2.38. The highest BCUT2D eigenvalue weighted by Crippen LogP contribution is 2.26. The molecule has 7 nitrogen and oxygen atoms in total. The second-order valence-corrected chi connectivity index (χ2v) is 7.36. The topological polar surface area (TPSA) is 61.1 Å². The number of pyridine rings is 1. The average Bonchev–Trinajstić information content (AvgIpc) is 3.17. The fourth-order valence-electron chi connectivity index (χ4n) is 3.62. The van der Waals surface area contributed by atoms with E-state index in [1.54, 1.807) is 0 Å². The van der Waals surface area contributed by atoms with Crippen molar-refractivity contribution in [3.05, 3.63) is 59.5 Å². The number of hydrogen-bond donors (Lipinski definition) is 1. The molecule has 1 aliphatic heterocycles. The number of hydrogen-bond acceptors (Lipinski definition) is 4. The summed E-state index contributed by atoms with van der Waals surface area (Å²) in [6, 6.07) is 14.0. The van der Waals surface area contributed by atoms with Crippen LogP contribution in [0.1, 0.15) is 12.7 Å². The Morgan fingerprint density at radius 3 is 2.66 bits per heavy atom. The van der Waals surface area contributed by atoms with Gasteiger partial charge in [0.1, 0.15) is 5.82 Å². The van der Waals surface area contributed by atoms with Crippen LogP contribution in [0.3, 0.4) is 0 Å². The van der Waals surface area contributed by atoms with Crippen molar-refractivity contribution < 1.29 is 0 Å². The van der Waals surface area contributed by atoms with Crippen LogP contribution in [0.15, 0.2) is 53.7 Å². The Balaban J connectivity index is 1.38. The second-order valence-electron chi connectivity index (χ2n) is 6.96. The molecule has 8 heteroatoms. The minimum atomic E-state index is 0.669. The molecule has 152 valence electrons. The minimum Gasteiger partial charge on any atom is -0.367 e. The zero-order valence-corrected chi connectivity index (χ0v) is 17.4. The molecule has 1 saturated heterocycles. The maximum absolute atomic E-state index is 6.36. The van der Waals surface area contributed by atoms with E-state index in [0.29, 0.717) is 6.54 Å². The second kappa shape index (κ2) is 9.13. The summed E-state index contributed by atoms with van der Waals surface area (Å²) < 4.78 is 2.02. The third kappa shape index (κ3) is 4.45. The van der Waals surface area contributed by atoms with Crippen molar-refractivity contribution in [2.24, 2.45) is 4.99 Å². The molecule has 2 aromatic heterocycles. The van der Waals surface area contributed by atoms with Gasteiger partial charge in [-0.2, -0.15) is 0 Å². The first kappa shape index (κ1) is 19.5. The minimum absolute atomic E-state index is 0.669. The van der Waals surface area contributed by atoms with Gasteiger partial charge in [-0.15, -0.1) is 10.2 Å². The standard InChI is InChI=1S/C21H26ClN7/c1-2-23-21(24-11-10-20-26-25-19-9-5-6-12-29(19)20)28-15-13-27(14-16-28)18-8-4-3-7-17(18)22/h3-9,12H,2,10-11,13-16H2,1H3,(H,23,24). The molecule has 1 fully saturated rings. The van der Waals surface area contributed by atoms with Crippen molar-refractivity contribution in [1.82, 2.24) is 24.8 Å². The first-order valence-corrected chi connectivity index (χ1v) is 10.5. The van der Waals surface area contributed by atoms with E-state index >= 15 is 0 Å². The monoisotopic (exact) mass is 411 g/mol. The van der Waals surface area contributed by atoms with E-state index in [-0.39, 0.29) is 0 Å². The van der Waals surface area contributed by atoms with E-state index in [1.165, 1.54) is 0 Å². The van der Waals surface area contributed by atoms with Crippen molar-refractivity contribution >= 4 is 28.9 Å². The first-order chi connectivity index (χ1) is 14.3. The summed E-state index contributed by atoms with van der Waals surface area (Å²) in [7, 11) is 0. The predicted molar refractivity (Wildman–Crippen MR) is 118 cm³/mol. The van der Waals surface area contributed by atoms with Gasteiger partial charge in [-0.1, -0.05) is 29.8 Å². The highest BCUT2D eigenvalue weighted by Gasteiger charge is 2.21. The Kier molecular flexibility index (Phi) is 6.14. The Hall–Kier alpha value is -2.80. The lowest BCUT2D eigenvalue weighted by atomic mass is 10.2. The van der Waals surface area contributed by atoms with Gasteiger partial charge in [-0.3, -0.25) is 9.39 Å². The summed E-state index contributed by atoms with van der Waals surface area (Å²) in [5.74, 6) is 1.89. The summed E-state index contributed by atoms with van der Waals surface area (Å²) in [5, 5.41) is 12.7. The van der Waals surface area contributed by atoms with Crippen LogP contribution >= 0.6 is 11.6 Å². The molecule has 3 heterocycles. The van der Waals surface area contributed by atoms with E-state index in [1.807, 2.05) is 47.0 Å². The van der Waals surface area contributed by atoms with E-state index in [2.05, 4.69) is 38.3 Å². The van der Waals surface area contributed by atoms with Crippen LogP contribution in [-0.2, 0) is 6.42 Å². The van der Waals surface area contributed by atoms with Crippen molar-refractivity contribution in [2.45, 2.75) is 13.3 Å². The van der Waals surface area contributed by atoms with Gasteiger partial charge >= 0.3 is 0 Å². The number of aliphatic imine (C=N–C) groups is 1. The average molecular weight is 412 g/mol. The number of guanidine groups is 1. The molecule has 0 radical (unpaired) electrons. The van der Waals surface area contributed by atoms with E-state index in [9.17, 15) is 0 Å². The van der Waals surface area contributed by atoms with Gasteiger partial charge in [-0.25, -0.2) is 0 Å². The molecule has 29 heavy (non-hydrogen) atoms. The predicted octanol–water partition coefficient (Wildman–Crippen LogP) is 2.71. The molecule has 0 amide bonds. The Morgan fingerprint density at radius 2 is 1.86 bits per heavy atom. The number of piperazine rings is 1. The van der Waals surface area contributed by atoms with E-state index in [0.717, 1.165) is 67.3 Å². The molecule has 3 aromatic rings. The number of fused-ring (bicyclic) bond motifs is 1. The van der Waals surface area contributed by atoms with E-state index in [4.69, 9.17) is 16.6 Å². The Bertz CT molecular complexity index is 976. The summed E-state index contributed by atoms with van der Waals surface area (Å²) in [4.78, 5) is 9.50. The van der Waals surface area contributed by atoms with Gasteiger partial charge in [-0.05, 0) is 31.2 Å². The number of para-hydroxylation sites is 1. The zero-order chi connectivity index (χ0) is 20.1. The van der Waals surface area contributed by atoms with Crippen molar-refractivity contribution in [2.75, 3.05) is 44.2 Å². The lowest BCUT2D eigenvalue weighted by Crippen LogP contribution is -2.52. The fourth-order valence-corrected chi connectivity index (χ4v) is 3.87.